The third kappa shape index (κ3) is 2.19. The summed E-state index contributed by atoms with van der Waals surface area (Å²) in [6.07, 6.45) is 3.48. The van der Waals surface area contributed by atoms with Crippen LogP contribution in [0.3, 0.4) is 0 Å². The zero-order chi connectivity index (χ0) is 13.4. The van der Waals surface area contributed by atoms with E-state index in [1.54, 1.807) is 6.20 Å². The maximum Gasteiger partial charge on any atom is 0.265 e. The molecule has 0 aliphatic heterocycles. The van der Waals surface area contributed by atoms with Gasteiger partial charge in [-0.15, -0.1) is 10.2 Å². The summed E-state index contributed by atoms with van der Waals surface area (Å²) in [7, 11) is 0. The second kappa shape index (κ2) is 4.62. The Kier molecular flexibility index (Phi) is 2.94. The minimum atomic E-state index is 0.448. The van der Waals surface area contributed by atoms with Crippen molar-refractivity contribution < 1.29 is 4.74 Å². The zero-order valence-corrected chi connectivity index (χ0v) is 12.0. The lowest BCUT2D eigenvalue weighted by atomic mass is 10.2. The molecular weight excluding hydrogens is 308 g/mol. The van der Waals surface area contributed by atoms with Crippen LogP contribution in [0.15, 0.2) is 35.1 Å². The van der Waals surface area contributed by atoms with E-state index < -0.39 is 0 Å². The van der Waals surface area contributed by atoms with Gasteiger partial charge in [0.05, 0.1) is 0 Å². The highest BCUT2D eigenvalue weighted by atomic mass is 79.9. The fourth-order valence-corrected chi connectivity index (χ4v) is 2.12. The van der Waals surface area contributed by atoms with Crippen molar-refractivity contribution in [2.24, 2.45) is 0 Å². The van der Waals surface area contributed by atoms with Crippen LogP contribution >= 0.6 is 15.9 Å². The van der Waals surface area contributed by atoms with Crippen molar-refractivity contribution in [3.8, 4) is 11.6 Å². The smallest absolute Gasteiger partial charge is 0.265 e. The summed E-state index contributed by atoms with van der Waals surface area (Å²) in [6, 6.07) is 5.86. The summed E-state index contributed by atoms with van der Waals surface area (Å²) < 4.78 is 8.65. The minimum absolute atomic E-state index is 0.448. The Morgan fingerprint density at radius 2 is 2.05 bits per heavy atom. The van der Waals surface area contributed by atoms with Gasteiger partial charge in [-0.1, -0.05) is 22.0 Å². The minimum Gasteiger partial charge on any atom is -0.436 e. The summed E-state index contributed by atoms with van der Waals surface area (Å²) >= 11 is 3.43. The predicted molar refractivity (Wildman–Crippen MR) is 74.5 cm³/mol. The van der Waals surface area contributed by atoms with Crippen LogP contribution in [0.25, 0.3) is 5.65 Å². The normalized spacial score (nSPS) is 10.9. The molecule has 0 atom stereocenters. The van der Waals surface area contributed by atoms with E-state index in [2.05, 4.69) is 31.1 Å². The van der Waals surface area contributed by atoms with Gasteiger partial charge in [-0.05, 0) is 31.5 Å². The maximum atomic E-state index is 5.85. The Bertz CT molecular complexity index is 753. The molecule has 0 radical (unpaired) electrons. The molecule has 0 N–H and O–H groups in total. The number of benzene rings is 1. The van der Waals surface area contributed by atoms with Crippen LogP contribution in [0.2, 0.25) is 0 Å². The molecule has 0 saturated heterocycles. The van der Waals surface area contributed by atoms with Gasteiger partial charge in [-0.25, -0.2) is 4.98 Å². The van der Waals surface area contributed by atoms with Crippen LogP contribution in [0.4, 0.5) is 0 Å². The summed E-state index contributed by atoms with van der Waals surface area (Å²) in [5.74, 6) is 1.99. The third-order valence-electron chi connectivity index (χ3n) is 2.82. The van der Waals surface area contributed by atoms with Gasteiger partial charge in [-0.3, -0.25) is 4.40 Å². The van der Waals surface area contributed by atoms with E-state index in [9.17, 15) is 0 Å². The fraction of sp³-hybridized carbons (Fsp3) is 0.154. The highest BCUT2D eigenvalue weighted by Gasteiger charge is 2.11. The van der Waals surface area contributed by atoms with Crippen LogP contribution in [0.5, 0.6) is 11.6 Å². The van der Waals surface area contributed by atoms with Crippen LogP contribution in [-0.4, -0.2) is 19.6 Å². The number of ether oxygens (including phenoxy) is 1. The van der Waals surface area contributed by atoms with Gasteiger partial charge in [0.25, 0.3) is 5.88 Å². The summed E-state index contributed by atoms with van der Waals surface area (Å²) in [5, 5.41) is 8.10. The van der Waals surface area contributed by atoms with Crippen molar-refractivity contribution >= 4 is 21.6 Å². The molecule has 0 spiro atoms. The molecule has 3 aromatic rings. The standard InChI is InChI=1S/C13H11BrN4O/c1-8-3-4-10(14)7-11(8)19-13-12-17-16-9(2)18(12)6-5-15-13/h3-7H,1-2H3. The van der Waals surface area contributed by atoms with Crippen molar-refractivity contribution in [2.75, 3.05) is 0 Å². The van der Waals surface area contributed by atoms with Gasteiger partial charge in [0.1, 0.15) is 11.6 Å². The van der Waals surface area contributed by atoms with E-state index in [0.717, 1.165) is 21.6 Å². The van der Waals surface area contributed by atoms with Crippen LogP contribution in [-0.2, 0) is 0 Å². The van der Waals surface area contributed by atoms with Gasteiger partial charge in [-0.2, -0.15) is 0 Å². The SMILES string of the molecule is Cc1ccc(Br)cc1Oc1nccn2c(C)nnc12. The summed E-state index contributed by atoms with van der Waals surface area (Å²) in [5.41, 5.74) is 1.64. The van der Waals surface area contributed by atoms with Gasteiger partial charge < -0.3 is 4.74 Å². The molecule has 0 fully saturated rings. The average Bonchev–Trinajstić information content (AvgIpc) is 2.77. The van der Waals surface area contributed by atoms with E-state index in [1.807, 2.05) is 42.6 Å². The number of nitrogens with zero attached hydrogens (tertiary/aromatic N) is 4. The number of aromatic nitrogens is 4. The number of hydrogen-bond acceptors (Lipinski definition) is 4. The molecule has 3 rings (SSSR count). The van der Waals surface area contributed by atoms with Gasteiger partial charge in [0.15, 0.2) is 0 Å². The fourth-order valence-electron chi connectivity index (χ4n) is 1.78. The Labute approximate surface area is 118 Å². The van der Waals surface area contributed by atoms with Crippen molar-refractivity contribution in [3.63, 3.8) is 0 Å². The molecule has 0 aliphatic rings. The van der Waals surface area contributed by atoms with Crippen molar-refractivity contribution in [3.05, 3.63) is 46.5 Å². The molecule has 0 unspecified atom stereocenters. The molecule has 19 heavy (non-hydrogen) atoms. The molecule has 0 saturated carbocycles. The predicted octanol–water partition coefficient (Wildman–Crippen LogP) is 3.30. The van der Waals surface area contributed by atoms with Crippen LogP contribution in [0.1, 0.15) is 11.4 Å². The molecule has 2 aromatic heterocycles. The molecule has 2 heterocycles. The quantitative estimate of drug-likeness (QED) is 0.727. The summed E-state index contributed by atoms with van der Waals surface area (Å²) in [6.45, 7) is 3.87. The first kappa shape index (κ1) is 12.1. The first-order valence-electron chi connectivity index (χ1n) is 5.75. The van der Waals surface area contributed by atoms with Crippen molar-refractivity contribution in [1.29, 1.82) is 0 Å². The van der Waals surface area contributed by atoms with E-state index in [0.29, 0.717) is 11.5 Å². The highest BCUT2D eigenvalue weighted by molar-refractivity contribution is 9.10. The zero-order valence-electron chi connectivity index (χ0n) is 10.5. The second-order valence-corrected chi connectivity index (χ2v) is 5.10. The number of hydrogen-bond donors (Lipinski definition) is 0. The van der Waals surface area contributed by atoms with Gasteiger partial charge in [0.2, 0.25) is 5.65 Å². The van der Waals surface area contributed by atoms with Crippen molar-refractivity contribution in [2.45, 2.75) is 13.8 Å². The number of rotatable bonds is 2. The van der Waals surface area contributed by atoms with Crippen LogP contribution in [0, 0.1) is 13.8 Å². The van der Waals surface area contributed by atoms with Gasteiger partial charge >= 0.3 is 0 Å². The monoisotopic (exact) mass is 318 g/mol. The lowest BCUT2D eigenvalue weighted by Gasteiger charge is -2.08. The molecule has 0 aliphatic carbocycles. The molecule has 96 valence electrons. The Morgan fingerprint density at radius 3 is 2.89 bits per heavy atom. The average molecular weight is 319 g/mol. The third-order valence-corrected chi connectivity index (χ3v) is 3.32. The first-order chi connectivity index (χ1) is 9.15. The lowest BCUT2D eigenvalue weighted by molar-refractivity contribution is 0.461. The van der Waals surface area contributed by atoms with Gasteiger partial charge in [0, 0.05) is 16.9 Å². The molecule has 6 heteroatoms. The van der Waals surface area contributed by atoms with E-state index in [4.69, 9.17) is 4.74 Å². The number of aryl methyl sites for hydroxylation is 2. The molecule has 0 bridgehead atoms. The summed E-state index contributed by atoms with van der Waals surface area (Å²) in [4.78, 5) is 4.23. The van der Waals surface area contributed by atoms with Crippen molar-refractivity contribution in [1.82, 2.24) is 19.6 Å². The molecular formula is C13H11BrN4O. The largest absolute Gasteiger partial charge is 0.436 e. The van der Waals surface area contributed by atoms with E-state index in [1.165, 1.54) is 0 Å². The Morgan fingerprint density at radius 1 is 1.21 bits per heavy atom. The molecule has 5 nitrogen and oxygen atoms in total. The lowest BCUT2D eigenvalue weighted by Crippen LogP contribution is -1.95. The Balaban J connectivity index is 2.08. The molecule has 1 aromatic carbocycles. The highest BCUT2D eigenvalue weighted by Crippen LogP contribution is 2.28. The Hall–Kier alpha value is -1.95. The van der Waals surface area contributed by atoms with Crippen LogP contribution < -0.4 is 4.74 Å². The maximum absolute atomic E-state index is 5.85. The first-order valence-corrected chi connectivity index (χ1v) is 6.55. The topological polar surface area (TPSA) is 52.3 Å². The van der Waals surface area contributed by atoms with E-state index >= 15 is 0 Å². The number of halogens is 1. The van der Waals surface area contributed by atoms with E-state index in [-0.39, 0.29) is 0 Å². The second-order valence-electron chi connectivity index (χ2n) is 4.19. The molecule has 0 amide bonds. The number of fused-ring (bicyclic) bond motifs is 1.